The number of carbonyl (C=O) groups excluding carboxylic acids is 1. The first-order valence-corrected chi connectivity index (χ1v) is 9.14. The highest BCUT2D eigenvalue weighted by Gasteiger charge is 2.35. The third kappa shape index (κ3) is 5.46. The fourth-order valence-electron chi connectivity index (χ4n) is 2.77. The van der Waals surface area contributed by atoms with Crippen LogP contribution in [0.1, 0.15) is 38.3 Å². The van der Waals surface area contributed by atoms with Gasteiger partial charge in [0.25, 0.3) is 0 Å². The predicted molar refractivity (Wildman–Crippen MR) is 105 cm³/mol. The highest BCUT2D eigenvalue weighted by atomic mass is 19.4. The van der Waals surface area contributed by atoms with E-state index in [1.165, 1.54) is 38.1 Å². The van der Waals surface area contributed by atoms with E-state index in [1.54, 1.807) is 0 Å². The lowest BCUT2D eigenvalue weighted by molar-refractivity contribution is -0.141. The lowest BCUT2D eigenvalue weighted by Gasteiger charge is -2.21. The molecule has 0 spiro atoms. The third-order valence-electron chi connectivity index (χ3n) is 4.40. The summed E-state index contributed by atoms with van der Waals surface area (Å²) in [7, 11) is 0. The highest BCUT2D eigenvalue weighted by Crippen LogP contribution is 2.29. The quantitative estimate of drug-likeness (QED) is 0.446. The van der Waals surface area contributed by atoms with Crippen molar-refractivity contribution in [3.8, 4) is 0 Å². The van der Waals surface area contributed by atoms with Crippen molar-refractivity contribution in [2.45, 2.75) is 39.9 Å². The Bertz CT molecular complexity index is 945. The topological polar surface area (TPSA) is 82.8 Å². The summed E-state index contributed by atoms with van der Waals surface area (Å²) in [5.41, 5.74) is 0.126. The van der Waals surface area contributed by atoms with E-state index in [1.807, 2.05) is 13.8 Å². The van der Waals surface area contributed by atoms with Crippen molar-refractivity contribution in [2.75, 3.05) is 5.32 Å². The van der Waals surface area contributed by atoms with Crippen LogP contribution in [0.5, 0.6) is 0 Å². The average Bonchev–Trinajstić information content (AvgIpc) is 3.07. The van der Waals surface area contributed by atoms with E-state index in [4.69, 9.17) is 5.41 Å². The number of carbonyl (C=O) groups is 1. The molecule has 2 aromatic rings. The standard InChI is InChI=1S/C20H23F4N5O/c1-11(2)18(27-15-7-5-14(21)6-8-15)16(9-25)28-19(30)12(3)29-10-17(20(22,23)24)26-13(29)4/h5-12,25,27H,1-4H3,(H,28,30)/b18-16+,25-9?/t12-/m0/s1. The minimum absolute atomic E-state index is 0.0406. The maximum Gasteiger partial charge on any atom is 0.434 e. The highest BCUT2D eigenvalue weighted by molar-refractivity contribution is 5.90. The molecule has 1 aromatic carbocycles. The van der Waals surface area contributed by atoms with Gasteiger partial charge in [-0.2, -0.15) is 13.2 Å². The number of aromatic nitrogens is 2. The van der Waals surface area contributed by atoms with Gasteiger partial charge in [-0.25, -0.2) is 9.37 Å². The maximum atomic E-state index is 13.1. The Kier molecular flexibility index (Phi) is 7.01. The number of allylic oxidation sites excluding steroid dienone is 2. The number of anilines is 1. The van der Waals surface area contributed by atoms with Crippen molar-refractivity contribution in [3.05, 3.63) is 59.2 Å². The Hall–Kier alpha value is -3.17. The Balaban J connectivity index is 2.29. The summed E-state index contributed by atoms with van der Waals surface area (Å²) >= 11 is 0. The van der Waals surface area contributed by atoms with Gasteiger partial charge in [0.1, 0.15) is 17.7 Å². The SMILES string of the molecule is Cc1nc(C(F)(F)F)cn1[C@@H](C)C(=O)N/C(C=N)=C(/Nc1ccc(F)cc1)C(C)C. The minimum atomic E-state index is -4.61. The van der Waals surface area contributed by atoms with Crippen molar-refractivity contribution < 1.29 is 22.4 Å². The molecule has 0 unspecified atom stereocenters. The zero-order chi connectivity index (χ0) is 22.6. The molecular weight excluding hydrogens is 402 g/mol. The second kappa shape index (κ2) is 9.10. The van der Waals surface area contributed by atoms with Gasteiger partial charge < -0.3 is 20.6 Å². The number of alkyl halides is 3. The summed E-state index contributed by atoms with van der Waals surface area (Å²) in [5, 5.41) is 13.3. The number of imidazole rings is 1. The molecule has 1 amide bonds. The first-order valence-electron chi connectivity index (χ1n) is 9.14. The van der Waals surface area contributed by atoms with Crippen LogP contribution in [-0.2, 0) is 11.0 Å². The summed E-state index contributed by atoms with van der Waals surface area (Å²) in [5.74, 6) is -1.12. The minimum Gasteiger partial charge on any atom is -0.357 e. The first-order chi connectivity index (χ1) is 13.9. The van der Waals surface area contributed by atoms with Crippen molar-refractivity contribution >= 4 is 17.8 Å². The number of hydrogen-bond donors (Lipinski definition) is 3. The molecular formula is C20H23F4N5O. The van der Waals surface area contributed by atoms with Crippen LogP contribution in [0.3, 0.4) is 0 Å². The second-order valence-electron chi connectivity index (χ2n) is 7.00. The van der Waals surface area contributed by atoms with E-state index < -0.39 is 29.6 Å². The zero-order valence-electron chi connectivity index (χ0n) is 16.9. The van der Waals surface area contributed by atoms with E-state index in [-0.39, 0.29) is 17.4 Å². The zero-order valence-corrected chi connectivity index (χ0v) is 16.9. The molecule has 3 N–H and O–H groups in total. The van der Waals surface area contributed by atoms with E-state index >= 15 is 0 Å². The van der Waals surface area contributed by atoms with Gasteiger partial charge in [0.2, 0.25) is 5.91 Å². The van der Waals surface area contributed by atoms with Crippen LogP contribution in [0.25, 0.3) is 0 Å². The van der Waals surface area contributed by atoms with E-state index in [0.29, 0.717) is 11.4 Å². The Morgan fingerprint density at radius 1 is 1.20 bits per heavy atom. The van der Waals surface area contributed by atoms with Gasteiger partial charge in [-0.3, -0.25) is 4.79 Å². The van der Waals surface area contributed by atoms with Crippen molar-refractivity contribution in [2.24, 2.45) is 5.92 Å². The Labute approximate surface area is 171 Å². The fraction of sp³-hybridized carbons (Fsp3) is 0.350. The van der Waals surface area contributed by atoms with Crippen LogP contribution in [0.4, 0.5) is 23.2 Å². The lowest BCUT2D eigenvalue weighted by atomic mass is 10.1. The monoisotopic (exact) mass is 425 g/mol. The number of benzene rings is 1. The summed E-state index contributed by atoms with van der Waals surface area (Å²) in [6, 6.07) is 4.56. The molecule has 0 fully saturated rings. The van der Waals surface area contributed by atoms with Crippen LogP contribution in [0.2, 0.25) is 0 Å². The summed E-state index contributed by atoms with van der Waals surface area (Å²) in [6.45, 7) is 6.48. The van der Waals surface area contributed by atoms with Gasteiger partial charge in [-0.05, 0) is 44.0 Å². The molecule has 6 nitrogen and oxygen atoms in total. The summed E-state index contributed by atoms with van der Waals surface area (Å²) in [6.07, 6.45) is -2.89. The van der Waals surface area contributed by atoms with Crippen molar-refractivity contribution in [3.63, 3.8) is 0 Å². The molecule has 0 saturated carbocycles. The number of hydrogen-bond acceptors (Lipinski definition) is 4. The van der Waals surface area contributed by atoms with Crippen molar-refractivity contribution in [1.29, 1.82) is 5.41 Å². The first kappa shape index (κ1) is 23.1. The molecule has 2 rings (SSSR count). The van der Waals surface area contributed by atoms with Gasteiger partial charge >= 0.3 is 6.18 Å². The van der Waals surface area contributed by atoms with Crippen LogP contribution >= 0.6 is 0 Å². The predicted octanol–water partition coefficient (Wildman–Crippen LogP) is 4.66. The van der Waals surface area contributed by atoms with Gasteiger partial charge in [0, 0.05) is 23.8 Å². The van der Waals surface area contributed by atoms with Crippen LogP contribution in [0, 0.1) is 24.1 Å². The number of amides is 1. The van der Waals surface area contributed by atoms with Gasteiger partial charge in [0.05, 0.1) is 5.70 Å². The van der Waals surface area contributed by atoms with Crippen LogP contribution < -0.4 is 10.6 Å². The number of nitrogens with zero attached hydrogens (tertiary/aromatic N) is 2. The molecule has 162 valence electrons. The van der Waals surface area contributed by atoms with E-state index in [0.717, 1.165) is 17.0 Å². The number of halogens is 4. The van der Waals surface area contributed by atoms with Gasteiger partial charge in [-0.1, -0.05) is 13.8 Å². The Morgan fingerprint density at radius 2 is 1.80 bits per heavy atom. The fourth-order valence-corrected chi connectivity index (χ4v) is 2.77. The molecule has 1 heterocycles. The van der Waals surface area contributed by atoms with Gasteiger partial charge in [0.15, 0.2) is 5.69 Å². The third-order valence-corrected chi connectivity index (χ3v) is 4.40. The number of aryl methyl sites for hydroxylation is 1. The molecule has 10 heteroatoms. The number of nitrogens with one attached hydrogen (secondary N) is 3. The van der Waals surface area contributed by atoms with E-state index in [9.17, 15) is 22.4 Å². The second-order valence-corrected chi connectivity index (χ2v) is 7.00. The maximum absolute atomic E-state index is 13.1. The smallest absolute Gasteiger partial charge is 0.357 e. The molecule has 0 radical (unpaired) electrons. The molecule has 1 atom stereocenters. The van der Waals surface area contributed by atoms with Crippen LogP contribution in [-0.4, -0.2) is 21.7 Å². The molecule has 0 bridgehead atoms. The van der Waals surface area contributed by atoms with E-state index in [2.05, 4.69) is 15.6 Å². The molecule has 0 aliphatic heterocycles. The van der Waals surface area contributed by atoms with Crippen LogP contribution in [0.15, 0.2) is 41.9 Å². The normalized spacial score (nSPS) is 13.6. The molecule has 1 aromatic heterocycles. The summed E-state index contributed by atoms with van der Waals surface area (Å²) in [4.78, 5) is 16.2. The largest absolute Gasteiger partial charge is 0.434 e. The molecule has 0 aliphatic rings. The van der Waals surface area contributed by atoms with Crippen molar-refractivity contribution in [1.82, 2.24) is 14.9 Å². The molecule has 0 aliphatic carbocycles. The lowest BCUT2D eigenvalue weighted by Crippen LogP contribution is -2.33. The van der Waals surface area contributed by atoms with Gasteiger partial charge in [-0.15, -0.1) is 0 Å². The summed E-state index contributed by atoms with van der Waals surface area (Å²) < 4.78 is 52.9. The Morgan fingerprint density at radius 3 is 2.27 bits per heavy atom. The molecule has 30 heavy (non-hydrogen) atoms. The molecule has 0 saturated heterocycles. The average molecular weight is 425 g/mol. The number of rotatable bonds is 7.